The molecule has 17 heavy (non-hydrogen) atoms. The van der Waals surface area contributed by atoms with Crippen LogP contribution < -0.4 is 5.32 Å². The van der Waals surface area contributed by atoms with Gasteiger partial charge in [0.05, 0.1) is 12.2 Å². The van der Waals surface area contributed by atoms with Gasteiger partial charge in [0, 0.05) is 6.54 Å². The lowest BCUT2D eigenvalue weighted by Gasteiger charge is -2.22. The fourth-order valence-electron chi connectivity index (χ4n) is 1.93. The topological polar surface area (TPSA) is 58.6 Å². The molecular weight excluding hydrogens is 218 g/mol. The summed E-state index contributed by atoms with van der Waals surface area (Å²) in [5, 5.41) is 12.2. The summed E-state index contributed by atoms with van der Waals surface area (Å²) in [6.07, 6.45) is 5.62. The highest BCUT2D eigenvalue weighted by atomic mass is 16.5. The van der Waals surface area contributed by atoms with E-state index in [1.54, 1.807) is 0 Å². The van der Waals surface area contributed by atoms with Crippen LogP contribution in [-0.4, -0.2) is 36.4 Å². The summed E-state index contributed by atoms with van der Waals surface area (Å²) < 4.78 is 5.54. The second-order valence-corrected chi connectivity index (χ2v) is 5.19. The minimum absolute atomic E-state index is 0.121. The van der Waals surface area contributed by atoms with Crippen molar-refractivity contribution in [3.63, 3.8) is 0 Å². The molecule has 100 valence electrons. The highest BCUT2D eigenvalue weighted by Crippen LogP contribution is 2.19. The van der Waals surface area contributed by atoms with E-state index in [-0.39, 0.29) is 24.5 Å². The van der Waals surface area contributed by atoms with Crippen LogP contribution in [-0.2, 0) is 9.53 Å². The monoisotopic (exact) mass is 243 g/mol. The van der Waals surface area contributed by atoms with Gasteiger partial charge in [-0.05, 0) is 18.8 Å². The highest BCUT2D eigenvalue weighted by Gasteiger charge is 2.16. The minimum atomic E-state index is -0.478. The van der Waals surface area contributed by atoms with Crippen LogP contribution in [0.25, 0.3) is 0 Å². The van der Waals surface area contributed by atoms with Crippen LogP contribution in [0.15, 0.2) is 0 Å². The van der Waals surface area contributed by atoms with Gasteiger partial charge < -0.3 is 15.2 Å². The van der Waals surface area contributed by atoms with E-state index >= 15 is 0 Å². The van der Waals surface area contributed by atoms with Crippen molar-refractivity contribution in [2.45, 2.75) is 58.2 Å². The van der Waals surface area contributed by atoms with E-state index in [2.05, 4.69) is 5.32 Å². The van der Waals surface area contributed by atoms with E-state index in [1.165, 1.54) is 19.3 Å². The Balaban J connectivity index is 2.08. The van der Waals surface area contributed by atoms with E-state index in [0.717, 1.165) is 12.8 Å². The number of carbonyl (C=O) groups excluding carboxylic acids is 1. The molecule has 4 heteroatoms. The molecular formula is C13H25NO3. The Morgan fingerprint density at radius 1 is 1.35 bits per heavy atom. The predicted molar refractivity (Wildman–Crippen MR) is 66.7 cm³/mol. The van der Waals surface area contributed by atoms with Crippen molar-refractivity contribution in [3.8, 4) is 0 Å². The molecule has 0 radical (unpaired) electrons. The van der Waals surface area contributed by atoms with Crippen molar-refractivity contribution < 1.29 is 14.6 Å². The lowest BCUT2D eigenvalue weighted by Crippen LogP contribution is -2.37. The summed E-state index contributed by atoms with van der Waals surface area (Å²) in [5.41, 5.74) is 0. The van der Waals surface area contributed by atoms with Gasteiger partial charge in [-0.3, -0.25) is 4.79 Å². The second kappa shape index (κ2) is 7.67. The summed E-state index contributed by atoms with van der Waals surface area (Å²) in [7, 11) is 0. The number of hydrogen-bond donors (Lipinski definition) is 2. The molecule has 0 aromatic carbocycles. The first kappa shape index (κ1) is 14.5. The van der Waals surface area contributed by atoms with Crippen molar-refractivity contribution in [3.05, 3.63) is 0 Å². The van der Waals surface area contributed by atoms with Crippen molar-refractivity contribution in [1.29, 1.82) is 0 Å². The van der Waals surface area contributed by atoms with E-state index in [4.69, 9.17) is 4.74 Å². The molecule has 0 spiro atoms. The van der Waals surface area contributed by atoms with Gasteiger partial charge in [-0.15, -0.1) is 0 Å². The van der Waals surface area contributed by atoms with Crippen LogP contribution in [0, 0.1) is 5.92 Å². The van der Waals surface area contributed by atoms with E-state index < -0.39 is 6.10 Å². The van der Waals surface area contributed by atoms with Crippen molar-refractivity contribution in [1.82, 2.24) is 5.32 Å². The Kier molecular flexibility index (Phi) is 6.52. The minimum Gasteiger partial charge on any atom is -0.391 e. The fourth-order valence-corrected chi connectivity index (χ4v) is 1.93. The van der Waals surface area contributed by atoms with Crippen LogP contribution in [0.4, 0.5) is 0 Å². The number of rotatable bonds is 6. The molecule has 1 aliphatic carbocycles. The number of amides is 1. The molecule has 0 bridgehead atoms. The highest BCUT2D eigenvalue weighted by molar-refractivity contribution is 5.77. The molecule has 1 fully saturated rings. The summed E-state index contributed by atoms with van der Waals surface area (Å²) >= 11 is 0. The molecule has 0 aromatic rings. The molecule has 1 rings (SSSR count). The van der Waals surface area contributed by atoms with Crippen LogP contribution in [0.3, 0.4) is 0 Å². The summed E-state index contributed by atoms with van der Waals surface area (Å²) in [6, 6.07) is 0. The van der Waals surface area contributed by atoms with Gasteiger partial charge in [0.15, 0.2) is 0 Å². The molecule has 1 amide bonds. The molecule has 1 saturated carbocycles. The number of ether oxygens (including phenoxy) is 1. The smallest absolute Gasteiger partial charge is 0.246 e. The molecule has 1 atom stereocenters. The second-order valence-electron chi connectivity index (χ2n) is 5.19. The summed E-state index contributed by atoms with van der Waals surface area (Å²) in [5.74, 6) is 0.0323. The average Bonchev–Trinajstić information content (AvgIpc) is 2.34. The Labute approximate surface area is 104 Å². The Morgan fingerprint density at radius 2 is 2.00 bits per heavy atom. The van der Waals surface area contributed by atoms with Gasteiger partial charge in [-0.1, -0.05) is 33.1 Å². The maximum Gasteiger partial charge on any atom is 0.246 e. The van der Waals surface area contributed by atoms with Gasteiger partial charge >= 0.3 is 0 Å². The van der Waals surface area contributed by atoms with E-state index in [9.17, 15) is 9.90 Å². The van der Waals surface area contributed by atoms with Gasteiger partial charge in [-0.2, -0.15) is 0 Å². The number of aliphatic hydroxyl groups excluding tert-OH is 1. The summed E-state index contributed by atoms with van der Waals surface area (Å²) in [6.45, 7) is 4.28. The Bertz CT molecular complexity index is 225. The third-order valence-corrected chi connectivity index (χ3v) is 3.28. The first-order chi connectivity index (χ1) is 8.09. The molecule has 1 aliphatic rings. The van der Waals surface area contributed by atoms with Crippen molar-refractivity contribution in [2.75, 3.05) is 13.2 Å². The molecule has 0 heterocycles. The first-order valence-corrected chi connectivity index (χ1v) is 6.66. The molecule has 0 aromatic heterocycles. The molecule has 0 saturated heterocycles. The fraction of sp³-hybridized carbons (Fsp3) is 0.923. The normalized spacial score (nSPS) is 19.3. The predicted octanol–water partition coefficient (Wildman–Crippen LogP) is 1.47. The third kappa shape index (κ3) is 6.03. The Hall–Kier alpha value is -0.610. The van der Waals surface area contributed by atoms with Crippen molar-refractivity contribution >= 4 is 5.91 Å². The molecule has 0 aliphatic heterocycles. The quantitative estimate of drug-likeness (QED) is 0.742. The van der Waals surface area contributed by atoms with E-state index in [1.807, 2.05) is 13.8 Å². The lowest BCUT2D eigenvalue weighted by molar-refractivity contribution is -0.128. The third-order valence-electron chi connectivity index (χ3n) is 3.28. The average molecular weight is 243 g/mol. The zero-order valence-corrected chi connectivity index (χ0v) is 10.9. The molecule has 4 nitrogen and oxygen atoms in total. The first-order valence-electron chi connectivity index (χ1n) is 6.66. The summed E-state index contributed by atoms with van der Waals surface area (Å²) in [4.78, 5) is 11.5. The number of aliphatic hydroxyl groups is 1. The lowest BCUT2D eigenvalue weighted by atomic mass is 9.98. The molecule has 2 N–H and O–H groups in total. The van der Waals surface area contributed by atoms with Crippen LogP contribution in [0.2, 0.25) is 0 Å². The number of nitrogens with one attached hydrogen (secondary N) is 1. The Morgan fingerprint density at radius 3 is 2.59 bits per heavy atom. The van der Waals surface area contributed by atoms with Gasteiger partial charge in [0.1, 0.15) is 6.61 Å². The maximum atomic E-state index is 11.5. The van der Waals surface area contributed by atoms with E-state index in [0.29, 0.717) is 6.54 Å². The SMILES string of the molecule is CC(C)[C@@H](O)CNC(=O)COC1CCCCC1. The van der Waals surface area contributed by atoms with Crippen LogP contribution in [0.5, 0.6) is 0 Å². The van der Waals surface area contributed by atoms with Gasteiger partial charge in [0.25, 0.3) is 0 Å². The zero-order valence-electron chi connectivity index (χ0n) is 10.9. The van der Waals surface area contributed by atoms with Crippen molar-refractivity contribution in [2.24, 2.45) is 5.92 Å². The number of carbonyl (C=O) groups is 1. The van der Waals surface area contributed by atoms with Gasteiger partial charge in [0.2, 0.25) is 5.91 Å². The standard InChI is InChI=1S/C13H25NO3/c1-10(2)12(15)8-14-13(16)9-17-11-6-4-3-5-7-11/h10-12,15H,3-9H2,1-2H3,(H,14,16)/t12-/m0/s1. The molecule has 0 unspecified atom stereocenters. The van der Waals surface area contributed by atoms with Crippen LogP contribution >= 0.6 is 0 Å². The maximum absolute atomic E-state index is 11.5. The number of hydrogen-bond acceptors (Lipinski definition) is 3. The zero-order chi connectivity index (χ0) is 12.7. The largest absolute Gasteiger partial charge is 0.391 e. The van der Waals surface area contributed by atoms with Gasteiger partial charge in [-0.25, -0.2) is 0 Å². The van der Waals surface area contributed by atoms with Crippen LogP contribution in [0.1, 0.15) is 46.0 Å².